The van der Waals surface area contributed by atoms with Crippen LogP contribution in [0.4, 0.5) is 0 Å². The molecular weight excluding hydrogens is 292 g/mol. The summed E-state index contributed by atoms with van der Waals surface area (Å²) in [5.74, 6) is 0. The van der Waals surface area contributed by atoms with Gasteiger partial charge in [-0.05, 0) is 53.7 Å². The third-order valence-electron chi connectivity index (χ3n) is 4.13. The monoisotopic (exact) mass is 310 g/mol. The fraction of sp³-hybridized carbons (Fsp3) is 0.643. The Morgan fingerprint density at radius 3 is 2.72 bits per heavy atom. The number of hydrogen-bond donors (Lipinski definition) is 0. The van der Waals surface area contributed by atoms with Crippen molar-refractivity contribution in [2.75, 3.05) is 13.2 Å². The van der Waals surface area contributed by atoms with E-state index in [0.717, 1.165) is 24.2 Å². The maximum Gasteiger partial charge on any atom is 0.106 e. The molecule has 2 bridgehead atoms. The van der Waals surface area contributed by atoms with E-state index in [1.165, 1.54) is 18.4 Å². The van der Waals surface area contributed by atoms with Crippen molar-refractivity contribution in [3.63, 3.8) is 0 Å². The first-order valence-corrected chi connectivity index (χ1v) is 7.49. The standard InChI is InChI=1S/C14H19BrN2O/c1-10(6-11-2-5-14(15)16-7-11)17-12-3-4-13(17)9-18-8-12/h2,5,7,10,12-13H,3-4,6,8-9H2,1H3. The van der Waals surface area contributed by atoms with Crippen LogP contribution in [0.5, 0.6) is 0 Å². The number of hydrogen-bond acceptors (Lipinski definition) is 3. The molecule has 18 heavy (non-hydrogen) atoms. The summed E-state index contributed by atoms with van der Waals surface area (Å²) in [6.45, 7) is 4.16. The topological polar surface area (TPSA) is 25.4 Å². The molecule has 4 heteroatoms. The molecule has 3 atom stereocenters. The fourth-order valence-corrected chi connectivity index (χ4v) is 3.59. The molecule has 0 radical (unpaired) electrons. The number of halogens is 1. The van der Waals surface area contributed by atoms with Gasteiger partial charge in [0.2, 0.25) is 0 Å². The Balaban J connectivity index is 1.67. The third kappa shape index (κ3) is 2.46. The Morgan fingerprint density at radius 2 is 2.11 bits per heavy atom. The lowest BCUT2D eigenvalue weighted by atomic mass is 10.1. The largest absolute Gasteiger partial charge is 0.378 e. The van der Waals surface area contributed by atoms with Crippen LogP contribution >= 0.6 is 15.9 Å². The second-order valence-electron chi connectivity index (χ2n) is 5.41. The van der Waals surface area contributed by atoms with Crippen LogP contribution in [0.3, 0.4) is 0 Å². The minimum absolute atomic E-state index is 0.578. The van der Waals surface area contributed by atoms with Gasteiger partial charge >= 0.3 is 0 Å². The van der Waals surface area contributed by atoms with Crippen molar-refractivity contribution in [1.29, 1.82) is 0 Å². The summed E-state index contributed by atoms with van der Waals surface area (Å²) in [6.07, 6.45) is 5.65. The van der Waals surface area contributed by atoms with Crippen LogP contribution in [-0.4, -0.2) is 41.2 Å². The van der Waals surface area contributed by atoms with Crippen LogP contribution in [0.25, 0.3) is 0 Å². The lowest BCUT2D eigenvalue weighted by Crippen LogP contribution is -2.50. The van der Waals surface area contributed by atoms with E-state index in [9.17, 15) is 0 Å². The van der Waals surface area contributed by atoms with E-state index in [-0.39, 0.29) is 0 Å². The second-order valence-corrected chi connectivity index (χ2v) is 6.22. The number of morpholine rings is 1. The van der Waals surface area contributed by atoms with Crippen LogP contribution in [0.1, 0.15) is 25.3 Å². The zero-order valence-electron chi connectivity index (χ0n) is 10.7. The summed E-state index contributed by atoms with van der Waals surface area (Å²) in [5, 5.41) is 0. The molecule has 2 fully saturated rings. The van der Waals surface area contributed by atoms with Crippen LogP contribution < -0.4 is 0 Å². The molecule has 0 amide bonds. The maximum atomic E-state index is 5.64. The first-order chi connectivity index (χ1) is 8.74. The van der Waals surface area contributed by atoms with E-state index in [2.05, 4.69) is 38.8 Å². The molecule has 0 aromatic carbocycles. The van der Waals surface area contributed by atoms with Gasteiger partial charge < -0.3 is 4.74 Å². The maximum absolute atomic E-state index is 5.64. The SMILES string of the molecule is CC(Cc1ccc(Br)nc1)N1C2CCC1COC2. The average Bonchev–Trinajstić information content (AvgIpc) is 2.62. The van der Waals surface area contributed by atoms with E-state index < -0.39 is 0 Å². The van der Waals surface area contributed by atoms with Gasteiger partial charge in [0, 0.05) is 24.3 Å². The van der Waals surface area contributed by atoms with Crippen molar-refractivity contribution in [3.8, 4) is 0 Å². The van der Waals surface area contributed by atoms with Gasteiger partial charge in [0.05, 0.1) is 13.2 Å². The van der Waals surface area contributed by atoms with Gasteiger partial charge in [0.25, 0.3) is 0 Å². The molecule has 2 saturated heterocycles. The smallest absolute Gasteiger partial charge is 0.106 e. The van der Waals surface area contributed by atoms with Crippen LogP contribution in [0.2, 0.25) is 0 Å². The molecule has 2 aliphatic rings. The first kappa shape index (κ1) is 12.6. The summed E-state index contributed by atoms with van der Waals surface area (Å²) < 4.78 is 6.55. The van der Waals surface area contributed by atoms with Crippen molar-refractivity contribution in [3.05, 3.63) is 28.5 Å². The summed E-state index contributed by atoms with van der Waals surface area (Å²) in [4.78, 5) is 6.98. The third-order valence-corrected chi connectivity index (χ3v) is 4.59. The van der Waals surface area contributed by atoms with Gasteiger partial charge in [-0.15, -0.1) is 0 Å². The molecule has 0 N–H and O–H groups in total. The molecule has 1 aromatic heterocycles. The van der Waals surface area contributed by atoms with Crippen LogP contribution in [-0.2, 0) is 11.2 Å². The Labute approximate surface area is 117 Å². The normalized spacial score (nSPS) is 29.4. The fourth-order valence-electron chi connectivity index (χ4n) is 3.35. The van der Waals surface area contributed by atoms with Crippen molar-refractivity contribution in [1.82, 2.24) is 9.88 Å². The number of nitrogens with zero attached hydrogens (tertiary/aromatic N) is 2. The highest BCUT2D eigenvalue weighted by molar-refractivity contribution is 9.10. The number of ether oxygens (including phenoxy) is 1. The van der Waals surface area contributed by atoms with Gasteiger partial charge in [0.1, 0.15) is 4.60 Å². The summed E-state index contributed by atoms with van der Waals surface area (Å²) in [6, 6.07) is 6.05. The predicted molar refractivity (Wildman–Crippen MR) is 74.6 cm³/mol. The Hall–Kier alpha value is -0.450. The van der Waals surface area contributed by atoms with E-state index >= 15 is 0 Å². The highest BCUT2D eigenvalue weighted by atomic mass is 79.9. The Kier molecular flexibility index (Phi) is 3.68. The van der Waals surface area contributed by atoms with Gasteiger partial charge in [-0.3, -0.25) is 4.90 Å². The molecule has 3 heterocycles. The van der Waals surface area contributed by atoms with Crippen molar-refractivity contribution >= 4 is 15.9 Å². The van der Waals surface area contributed by atoms with Gasteiger partial charge in [-0.1, -0.05) is 6.07 Å². The zero-order chi connectivity index (χ0) is 12.5. The molecule has 98 valence electrons. The number of fused-ring (bicyclic) bond motifs is 2. The quantitative estimate of drug-likeness (QED) is 0.803. The van der Waals surface area contributed by atoms with E-state index in [1.54, 1.807) is 0 Å². The first-order valence-electron chi connectivity index (χ1n) is 6.69. The molecule has 2 aliphatic heterocycles. The lowest BCUT2D eigenvalue weighted by molar-refractivity contribution is -0.0326. The average molecular weight is 311 g/mol. The van der Waals surface area contributed by atoms with Crippen LogP contribution in [0.15, 0.2) is 22.9 Å². The molecule has 3 nitrogen and oxygen atoms in total. The second kappa shape index (κ2) is 5.27. The van der Waals surface area contributed by atoms with Gasteiger partial charge in [-0.25, -0.2) is 4.98 Å². The number of rotatable bonds is 3. The summed E-state index contributed by atoms with van der Waals surface area (Å²) >= 11 is 3.38. The molecule has 0 spiro atoms. The Bertz CT molecular complexity index is 393. The van der Waals surface area contributed by atoms with E-state index in [4.69, 9.17) is 4.74 Å². The number of aromatic nitrogens is 1. The zero-order valence-corrected chi connectivity index (χ0v) is 12.3. The minimum atomic E-state index is 0.578. The summed E-state index contributed by atoms with van der Waals surface area (Å²) in [7, 11) is 0. The number of pyridine rings is 1. The highest BCUT2D eigenvalue weighted by Crippen LogP contribution is 2.31. The summed E-state index contributed by atoms with van der Waals surface area (Å²) in [5.41, 5.74) is 1.32. The lowest BCUT2D eigenvalue weighted by Gasteiger charge is -2.39. The van der Waals surface area contributed by atoms with E-state index in [0.29, 0.717) is 18.1 Å². The van der Waals surface area contributed by atoms with Crippen molar-refractivity contribution in [2.24, 2.45) is 0 Å². The van der Waals surface area contributed by atoms with Gasteiger partial charge in [-0.2, -0.15) is 0 Å². The molecule has 0 aliphatic carbocycles. The van der Waals surface area contributed by atoms with E-state index in [1.807, 2.05) is 12.3 Å². The molecular formula is C14H19BrN2O. The van der Waals surface area contributed by atoms with Gasteiger partial charge in [0.15, 0.2) is 0 Å². The minimum Gasteiger partial charge on any atom is -0.378 e. The molecule has 3 rings (SSSR count). The van der Waals surface area contributed by atoms with Crippen molar-refractivity contribution < 1.29 is 4.74 Å². The van der Waals surface area contributed by atoms with Crippen LogP contribution in [0, 0.1) is 0 Å². The molecule has 0 saturated carbocycles. The van der Waals surface area contributed by atoms with Crippen molar-refractivity contribution in [2.45, 2.75) is 44.3 Å². The molecule has 3 unspecified atom stereocenters. The Morgan fingerprint density at radius 1 is 1.39 bits per heavy atom. The molecule has 1 aromatic rings. The predicted octanol–water partition coefficient (Wildman–Crippen LogP) is 2.64. The highest BCUT2D eigenvalue weighted by Gasteiger charge is 2.39.